The third-order valence-electron chi connectivity index (χ3n) is 5.75. The van der Waals surface area contributed by atoms with Gasteiger partial charge in [-0.1, -0.05) is 64.5 Å². The summed E-state index contributed by atoms with van der Waals surface area (Å²) < 4.78 is 17.8. The highest BCUT2D eigenvalue weighted by Crippen LogP contribution is 2.53. The van der Waals surface area contributed by atoms with Gasteiger partial charge in [0.2, 0.25) is 0 Å². The molecule has 0 saturated carbocycles. The average Bonchev–Trinajstić information content (AvgIpc) is 2.76. The Morgan fingerprint density at radius 3 is 2.27 bits per heavy atom. The zero-order chi connectivity index (χ0) is 21.1. The van der Waals surface area contributed by atoms with Crippen molar-refractivity contribution in [1.29, 1.82) is 0 Å². The molecule has 0 fully saturated rings. The Bertz CT molecular complexity index is 983. The molecule has 3 aromatic carbocycles. The molecule has 0 aliphatic carbocycles. The van der Waals surface area contributed by atoms with Crippen molar-refractivity contribution in [3.05, 3.63) is 89.5 Å². The number of benzene rings is 3. The molecule has 0 amide bonds. The lowest BCUT2D eigenvalue weighted by Crippen LogP contribution is -2.43. The lowest BCUT2D eigenvalue weighted by molar-refractivity contribution is 0.0528. The van der Waals surface area contributed by atoms with Crippen LogP contribution in [0.3, 0.4) is 0 Å². The van der Waals surface area contributed by atoms with Crippen LogP contribution in [0.15, 0.2) is 72.8 Å². The molecule has 0 radical (unpaired) electrons. The van der Waals surface area contributed by atoms with Gasteiger partial charge in [0.25, 0.3) is 0 Å². The molecule has 1 aliphatic rings. The largest absolute Gasteiger partial charge is 0.497 e. The van der Waals surface area contributed by atoms with E-state index < -0.39 is 5.60 Å². The molecule has 0 aromatic heterocycles. The normalized spacial score (nSPS) is 19.5. The van der Waals surface area contributed by atoms with Crippen LogP contribution in [0.5, 0.6) is 17.2 Å². The van der Waals surface area contributed by atoms with Gasteiger partial charge in [0, 0.05) is 28.8 Å². The number of hydrogen-bond acceptors (Lipinski definition) is 3. The summed E-state index contributed by atoms with van der Waals surface area (Å²) in [4.78, 5) is 0. The first-order valence-corrected chi connectivity index (χ1v) is 11.4. The molecular formula is C26H27BrO3. The van der Waals surface area contributed by atoms with E-state index in [1.54, 1.807) is 7.11 Å². The van der Waals surface area contributed by atoms with Crippen LogP contribution in [0.1, 0.15) is 42.4 Å². The maximum atomic E-state index is 6.55. The first kappa shape index (κ1) is 20.8. The number of fused-ring (bicyclic) bond motifs is 1. The summed E-state index contributed by atoms with van der Waals surface area (Å²) in [5.41, 5.74) is 3.31. The van der Waals surface area contributed by atoms with E-state index in [0.717, 1.165) is 22.6 Å². The molecule has 3 aromatic rings. The van der Waals surface area contributed by atoms with E-state index in [0.29, 0.717) is 6.61 Å². The molecule has 1 heterocycles. The van der Waals surface area contributed by atoms with Gasteiger partial charge in [-0.2, -0.15) is 0 Å². The lowest BCUT2D eigenvalue weighted by Gasteiger charge is -2.45. The minimum absolute atomic E-state index is 0.155. The highest BCUT2D eigenvalue weighted by Gasteiger charge is 2.45. The Kier molecular flexibility index (Phi) is 6.05. The standard InChI is InChI=1S/C26H27BrO3/c1-26(2)25(19-7-5-4-6-8-19)24(18-9-11-20(12-10-18)29-16-15-27)22-14-13-21(28-3)17-23(22)30-26/h4-14,17,24-25H,15-16H2,1-3H3/t24-,25+/m0/s1. The van der Waals surface area contributed by atoms with Crippen LogP contribution in [0, 0.1) is 0 Å². The van der Waals surface area contributed by atoms with Gasteiger partial charge in [-0.3, -0.25) is 0 Å². The summed E-state index contributed by atoms with van der Waals surface area (Å²) in [6.45, 7) is 5.00. The molecule has 4 heteroatoms. The maximum absolute atomic E-state index is 6.55. The quantitative estimate of drug-likeness (QED) is 0.385. The SMILES string of the molecule is COc1ccc2c(c1)OC(C)(C)[C@H](c1ccccc1)[C@H]2c1ccc(OCCBr)cc1. The second-order valence-electron chi connectivity index (χ2n) is 8.08. The molecule has 0 N–H and O–H groups in total. The van der Waals surface area contributed by atoms with Gasteiger partial charge in [-0.25, -0.2) is 0 Å². The number of halogens is 1. The minimum atomic E-state index is -0.392. The van der Waals surface area contributed by atoms with Crippen molar-refractivity contribution in [2.75, 3.05) is 19.0 Å². The molecule has 156 valence electrons. The van der Waals surface area contributed by atoms with Crippen LogP contribution < -0.4 is 14.2 Å². The van der Waals surface area contributed by atoms with Crippen LogP contribution in [0.25, 0.3) is 0 Å². The predicted molar refractivity (Wildman–Crippen MR) is 124 cm³/mol. The summed E-state index contributed by atoms with van der Waals surface area (Å²) in [6.07, 6.45) is 0. The Morgan fingerprint density at radius 1 is 0.900 bits per heavy atom. The molecule has 3 nitrogen and oxygen atoms in total. The van der Waals surface area contributed by atoms with Crippen molar-refractivity contribution >= 4 is 15.9 Å². The Labute approximate surface area is 187 Å². The number of ether oxygens (including phenoxy) is 3. The third-order valence-corrected chi connectivity index (χ3v) is 6.08. The number of alkyl halides is 1. The van der Waals surface area contributed by atoms with Crippen molar-refractivity contribution in [2.24, 2.45) is 0 Å². The third kappa shape index (κ3) is 4.06. The van der Waals surface area contributed by atoms with Crippen molar-refractivity contribution in [3.63, 3.8) is 0 Å². The second-order valence-corrected chi connectivity index (χ2v) is 8.87. The predicted octanol–water partition coefficient (Wildman–Crippen LogP) is 6.56. The van der Waals surface area contributed by atoms with Gasteiger partial charge in [-0.05, 0) is 43.2 Å². The summed E-state index contributed by atoms with van der Waals surface area (Å²) in [6, 6.07) is 25.3. The fraction of sp³-hybridized carbons (Fsp3) is 0.308. The van der Waals surface area contributed by atoms with E-state index in [1.165, 1.54) is 16.7 Å². The molecule has 2 atom stereocenters. The Hall–Kier alpha value is -2.46. The van der Waals surface area contributed by atoms with Crippen LogP contribution in [-0.2, 0) is 0 Å². The van der Waals surface area contributed by atoms with Gasteiger partial charge < -0.3 is 14.2 Å². The average molecular weight is 467 g/mol. The maximum Gasteiger partial charge on any atom is 0.127 e. The molecule has 0 bridgehead atoms. The summed E-state index contributed by atoms with van der Waals surface area (Å²) in [5, 5.41) is 0.814. The molecule has 0 unspecified atom stereocenters. The van der Waals surface area contributed by atoms with E-state index in [-0.39, 0.29) is 11.8 Å². The van der Waals surface area contributed by atoms with Crippen molar-refractivity contribution in [2.45, 2.75) is 31.3 Å². The number of methoxy groups -OCH3 is 1. The van der Waals surface area contributed by atoms with Gasteiger partial charge in [0.05, 0.1) is 13.7 Å². The fourth-order valence-electron chi connectivity index (χ4n) is 4.47. The zero-order valence-corrected chi connectivity index (χ0v) is 19.2. The molecule has 0 saturated heterocycles. The van der Waals surface area contributed by atoms with Crippen molar-refractivity contribution < 1.29 is 14.2 Å². The Morgan fingerprint density at radius 2 is 1.60 bits per heavy atom. The Balaban J connectivity index is 1.84. The van der Waals surface area contributed by atoms with Crippen LogP contribution in [-0.4, -0.2) is 24.6 Å². The van der Waals surface area contributed by atoms with E-state index in [1.807, 2.05) is 12.1 Å². The lowest BCUT2D eigenvalue weighted by atomic mass is 9.68. The van der Waals surface area contributed by atoms with Crippen LogP contribution in [0.4, 0.5) is 0 Å². The fourth-order valence-corrected chi connectivity index (χ4v) is 4.63. The second kappa shape index (κ2) is 8.73. The first-order chi connectivity index (χ1) is 14.5. The van der Waals surface area contributed by atoms with E-state index in [4.69, 9.17) is 14.2 Å². The van der Waals surface area contributed by atoms with Crippen LogP contribution >= 0.6 is 15.9 Å². The van der Waals surface area contributed by atoms with Gasteiger partial charge in [0.15, 0.2) is 0 Å². The smallest absolute Gasteiger partial charge is 0.127 e. The number of hydrogen-bond donors (Lipinski definition) is 0. The van der Waals surface area contributed by atoms with Crippen LogP contribution in [0.2, 0.25) is 0 Å². The molecule has 0 spiro atoms. The zero-order valence-electron chi connectivity index (χ0n) is 17.6. The highest BCUT2D eigenvalue weighted by molar-refractivity contribution is 9.09. The summed E-state index contributed by atoms with van der Waals surface area (Å²) in [5.74, 6) is 2.89. The number of rotatable bonds is 6. The summed E-state index contributed by atoms with van der Waals surface area (Å²) >= 11 is 3.41. The van der Waals surface area contributed by atoms with Gasteiger partial charge in [-0.15, -0.1) is 0 Å². The van der Waals surface area contributed by atoms with E-state index >= 15 is 0 Å². The van der Waals surface area contributed by atoms with E-state index in [2.05, 4.69) is 90.4 Å². The first-order valence-electron chi connectivity index (χ1n) is 10.2. The van der Waals surface area contributed by atoms with Crippen molar-refractivity contribution in [1.82, 2.24) is 0 Å². The van der Waals surface area contributed by atoms with Gasteiger partial charge in [0.1, 0.15) is 22.8 Å². The van der Waals surface area contributed by atoms with E-state index in [9.17, 15) is 0 Å². The topological polar surface area (TPSA) is 27.7 Å². The molecule has 30 heavy (non-hydrogen) atoms. The molecule has 1 aliphatic heterocycles. The monoisotopic (exact) mass is 466 g/mol. The molecular weight excluding hydrogens is 440 g/mol. The summed E-state index contributed by atoms with van der Waals surface area (Å²) in [7, 11) is 1.69. The van der Waals surface area contributed by atoms with Crippen molar-refractivity contribution in [3.8, 4) is 17.2 Å². The molecule has 4 rings (SSSR count). The highest BCUT2D eigenvalue weighted by atomic mass is 79.9. The minimum Gasteiger partial charge on any atom is -0.497 e. The van der Waals surface area contributed by atoms with Gasteiger partial charge >= 0.3 is 0 Å².